The van der Waals surface area contributed by atoms with Gasteiger partial charge in [0.25, 0.3) is 0 Å². The minimum Gasteiger partial charge on any atom is -0.472 e. The topological polar surface area (TPSA) is 41.3 Å². The van der Waals surface area contributed by atoms with E-state index in [-0.39, 0.29) is 5.82 Å². The van der Waals surface area contributed by atoms with Crippen molar-refractivity contribution in [2.45, 2.75) is 20.0 Å². The molecule has 0 unspecified atom stereocenters. The van der Waals surface area contributed by atoms with Crippen LogP contribution in [0.4, 0.5) is 10.2 Å². The lowest BCUT2D eigenvalue weighted by molar-refractivity contribution is 0.563. The highest BCUT2D eigenvalue weighted by Gasteiger charge is 2.11. The van der Waals surface area contributed by atoms with E-state index in [0.717, 1.165) is 23.5 Å². The fourth-order valence-corrected chi connectivity index (χ4v) is 1.94. The Morgan fingerprint density at radius 3 is 3.00 bits per heavy atom. The summed E-state index contributed by atoms with van der Waals surface area (Å²) in [5.74, 6) is 0.469. The molecular weight excluding hydrogens is 245 g/mol. The summed E-state index contributed by atoms with van der Waals surface area (Å²) in [5.41, 5.74) is 1.91. The highest BCUT2D eigenvalue weighted by atomic mass is 19.1. The molecule has 0 bridgehead atoms. The van der Waals surface area contributed by atoms with Gasteiger partial charge in [-0.3, -0.25) is 0 Å². The van der Waals surface area contributed by atoms with Gasteiger partial charge in [-0.25, -0.2) is 9.37 Å². The molecule has 0 saturated carbocycles. The number of hydrogen-bond acceptors (Lipinski definition) is 4. The first-order valence-electron chi connectivity index (χ1n) is 6.28. The fourth-order valence-electron chi connectivity index (χ4n) is 1.94. The van der Waals surface area contributed by atoms with Gasteiger partial charge in [0.1, 0.15) is 11.6 Å². The van der Waals surface area contributed by atoms with Gasteiger partial charge in [0.05, 0.1) is 18.7 Å². The average molecular weight is 263 g/mol. The van der Waals surface area contributed by atoms with Crippen LogP contribution >= 0.6 is 0 Å². The lowest BCUT2D eigenvalue weighted by atomic mass is 10.2. The number of halogens is 1. The normalized spacial score (nSPS) is 10.7. The molecule has 1 N–H and O–H groups in total. The van der Waals surface area contributed by atoms with Crippen molar-refractivity contribution in [2.24, 2.45) is 0 Å². The third-order valence-corrected chi connectivity index (χ3v) is 2.84. The average Bonchev–Trinajstić information content (AvgIpc) is 2.89. The number of rotatable bonds is 6. The lowest BCUT2D eigenvalue weighted by Gasteiger charge is -2.20. The van der Waals surface area contributed by atoms with E-state index in [2.05, 4.69) is 10.3 Å². The monoisotopic (exact) mass is 263 g/mol. The molecule has 2 heterocycles. The summed E-state index contributed by atoms with van der Waals surface area (Å²) < 4.78 is 18.3. The zero-order valence-electron chi connectivity index (χ0n) is 11.2. The minimum atomic E-state index is -0.312. The van der Waals surface area contributed by atoms with Crippen LogP contribution in [0.5, 0.6) is 0 Å². The van der Waals surface area contributed by atoms with Crippen molar-refractivity contribution in [1.29, 1.82) is 0 Å². The number of anilines is 1. The molecule has 0 atom stereocenters. The van der Waals surface area contributed by atoms with Gasteiger partial charge in [-0.05, 0) is 18.7 Å². The minimum absolute atomic E-state index is 0.312. The van der Waals surface area contributed by atoms with Crippen molar-refractivity contribution >= 4 is 5.82 Å². The number of nitrogens with one attached hydrogen (secondary N) is 1. The Hall–Kier alpha value is -1.88. The Balaban J connectivity index is 2.17. The van der Waals surface area contributed by atoms with Crippen molar-refractivity contribution in [2.75, 3.05) is 18.5 Å². The van der Waals surface area contributed by atoms with Gasteiger partial charge in [0, 0.05) is 31.3 Å². The predicted octanol–water partition coefficient (Wildman–Crippen LogP) is 2.56. The zero-order chi connectivity index (χ0) is 13.7. The predicted molar refractivity (Wildman–Crippen MR) is 72.4 cm³/mol. The molecule has 0 aliphatic rings. The number of hydrogen-bond donors (Lipinski definition) is 1. The Morgan fingerprint density at radius 1 is 1.47 bits per heavy atom. The SMILES string of the molecule is CCNCc1cc(F)cnc1N(C)Cc1ccoc1. The molecule has 0 aromatic carbocycles. The largest absolute Gasteiger partial charge is 0.472 e. The van der Waals surface area contributed by atoms with Gasteiger partial charge in [0.15, 0.2) is 0 Å². The molecule has 2 aromatic heterocycles. The van der Waals surface area contributed by atoms with Gasteiger partial charge in [-0.1, -0.05) is 6.92 Å². The van der Waals surface area contributed by atoms with Crippen molar-refractivity contribution < 1.29 is 8.81 Å². The number of nitrogens with zero attached hydrogens (tertiary/aromatic N) is 2. The van der Waals surface area contributed by atoms with E-state index in [1.54, 1.807) is 12.5 Å². The summed E-state index contributed by atoms with van der Waals surface area (Å²) in [6, 6.07) is 3.43. The molecule has 0 amide bonds. The summed E-state index contributed by atoms with van der Waals surface area (Å²) >= 11 is 0. The molecule has 0 saturated heterocycles. The molecular formula is C14H18FN3O. The van der Waals surface area contributed by atoms with E-state index in [4.69, 9.17) is 4.42 Å². The van der Waals surface area contributed by atoms with Crippen LogP contribution < -0.4 is 10.2 Å². The maximum Gasteiger partial charge on any atom is 0.141 e. The van der Waals surface area contributed by atoms with E-state index in [1.165, 1.54) is 12.3 Å². The van der Waals surface area contributed by atoms with Crippen LogP contribution in [0.3, 0.4) is 0 Å². The summed E-state index contributed by atoms with van der Waals surface area (Å²) in [6.07, 6.45) is 4.58. The van der Waals surface area contributed by atoms with Crippen LogP contribution in [-0.2, 0) is 13.1 Å². The molecule has 2 rings (SSSR count). The molecule has 0 radical (unpaired) electrons. The van der Waals surface area contributed by atoms with Gasteiger partial charge in [0.2, 0.25) is 0 Å². The maximum atomic E-state index is 13.3. The summed E-state index contributed by atoms with van der Waals surface area (Å²) in [4.78, 5) is 6.18. The first-order chi connectivity index (χ1) is 9.20. The molecule has 0 fully saturated rings. The van der Waals surface area contributed by atoms with Crippen LogP contribution in [0, 0.1) is 5.82 Å². The van der Waals surface area contributed by atoms with E-state index in [1.807, 2.05) is 24.9 Å². The highest BCUT2D eigenvalue weighted by molar-refractivity contribution is 5.46. The summed E-state index contributed by atoms with van der Waals surface area (Å²) in [5, 5.41) is 3.19. The highest BCUT2D eigenvalue weighted by Crippen LogP contribution is 2.19. The second-order valence-electron chi connectivity index (χ2n) is 4.40. The van der Waals surface area contributed by atoms with E-state index >= 15 is 0 Å². The standard InChI is InChI=1S/C14H18FN3O/c1-3-16-7-12-6-13(15)8-17-14(12)18(2)9-11-4-5-19-10-11/h4-6,8,10,16H,3,7,9H2,1-2H3. The Bertz CT molecular complexity index is 513. The van der Waals surface area contributed by atoms with Crippen LogP contribution in [0.2, 0.25) is 0 Å². The third kappa shape index (κ3) is 3.54. The lowest BCUT2D eigenvalue weighted by Crippen LogP contribution is -2.22. The second-order valence-corrected chi connectivity index (χ2v) is 4.40. The molecule has 102 valence electrons. The maximum absolute atomic E-state index is 13.3. The van der Waals surface area contributed by atoms with Crippen molar-refractivity contribution in [1.82, 2.24) is 10.3 Å². The molecule has 19 heavy (non-hydrogen) atoms. The smallest absolute Gasteiger partial charge is 0.141 e. The van der Waals surface area contributed by atoms with Crippen molar-refractivity contribution in [3.05, 3.63) is 47.8 Å². The molecule has 0 aliphatic carbocycles. The van der Waals surface area contributed by atoms with E-state index in [9.17, 15) is 4.39 Å². The Morgan fingerprint density at radius 2 is 2.32 bits per heavy atom. The zero-order valence-corrected chi connectivity index (χ0v) is 11.2. The molecule has 5 heteroatoms. The van der Waals surface area contributed by atoms with Crippen LogP contribution in [-0.4, -0.2) is 18.6 Å². The summed E-state index contributed by atoms with van der Waals surface area (Å²) in [7, 11) is 1.93. The Kier molecular flexibility index (Phi) is 4.52. The fraction of sp³-hybridized carbons (Fsp3) is 0.357. The number of furan rings is 1. The molecule has 2 aromatic rings. The quantitative estimate of drug-likeness (QED) is 0.869. The number of aromatic nitrogens is 1. The van der Waals surface area contributed by atoms with Crippen LogP contribution in [0.25, 0.3) is 0 Å². The summed E-state index contributed by atoms with van der Waals surface area (Å²) in [6.45, 7) is 4.13. The van der Waals surface area contributed by atoms with E-state index in [0.29, 0.717) is 13.1 Å². The third-order valence-electron chi connectivity index (χ3n) is 2.84. The van der Waals surface area contributed by atoms with Gasteiger partial charge in [-0.15, -0.1) is 0 Å². The van der Waals surface area contributed by atoms with Gasteiger partial charge in [-0.2, -0.15) is 0 Å². The van der Waals surface area contributed by atoms with Gasteiger partial charge >= 0.3 is 0 Å². The van der Waals surface area contributed by atoms with Crippen molar-refractivity contribution in [3.63, 3.8) is 0 Å². The van der Waals surface area contributed by atoms with E-state index < -0.39 is 0 Å². The van der Waals surface area contributed by atoms with Crippen molar-refractivity contribution in [3.8, 4) is 0 Å². The Labute approximate surface area is 112 Å². The first-order valence-corrected chi connectivity index (χ1v) is 6.28. The first kappa shape index (κ1) is 13.5. The van der Waals surface area contributed by atoms with Crippen LogP contribution in [0.1, 0.15) is 18.1 Å². The molecule has 0 spiro atoms. The molecule has 4 nitrogen and oxygen atoms in total. The number of pyridine rings is 1. The van der Waals surface area contributed by atoms with Gasteiger partial charge < -0.3 is 14.6 Å². The second kappa shape index (κ2) is 6.33. The van der Waals surface area contributed by atoms with Crippen LogP contribution in [0.15, 0.2) is 35.3 Å². The molecule has 0 aliphatic heterocycles.